The lowest BCUT2D eigenvalue weighted by atomic mass is 10.0. The SMILES string of the molecule is OC[C@H]1O[C@@H](S)[C@H](O)[C@H]2S[C@]21O. The van der Waals surface area contributed by atoms with Crippen molar-refractivity contribution in [1.29, 1.82) is 0 Å². The molecule has 2 aliphatic rings. The fourth-order valence-corrected chi connectivity index (χ4v) is 3.04. The number of fused-ring (bicyclic) bond motifs is 1. The fraction of sp³-hybridized carbons (Fsp3) is 1.00. The van der Waals surface area contributed by atoms with E-state index < -0.39 is 22.6 Å². The molecule has 0 aromatic rings. The molecule has 0 aliphatic carbocycles. The third-order valence-corrected chi connectivity index (χ3v) is 4.16. The van der Waals surface area contributed by atoms with Gasteiger partial charge in [0.2, 0.25) is 0 Å². The molecule has 70 valence electrons. The average molecular weight is 210 g/mol. The predicted octanol–water partition coefficient (Wildman–Crippen LogP) is -1.20. The number of hydrogen-bond donors (Lipinski definition) is 4. The van der Waals surface area contributed by atoms with Gasteiger partial charge in [-0.3, -0.25) is 0 Å². The molecule has 0 aromatic carbocycles. The van der Waals surface area contributed by atoms with Gasteiger partial charge in [0.05, 0.1) is 11.9 Å². The second-order valence-corrected chi connectivity index (χ2v) is 4.89. The minimum atomic E-state index is -1.09. The quantitative estimate of drug-likeness (QED) is 0.323. The predicted molar refractivity (Wildman–Crippen MR) is 47.1 cm³/mol. The van der Waals surface area contributed by atoms with Crippen molar-refractivity contribution in [2.24, 2.45) is 0 Å². The zero-order valence-corrected chi connectivity index (χ0v) is 7.83. The van der Waals surface area contributed by atoms with E-state index in [9.17, 15) is 10.2 Å². The summed E-state index contributed by atoms with van der Waals surface area (Å²) < 4.78 is 5.10. The molecule has 2 fully saturated rings. The van der Waals surface area contributed by atoms with Crippen LogP contribution in [0.4, 0.5) is 0 Å². The summed E-state index contributed by atoms with van der Waals surface area (Å²) in [6.07, 6.45) is -1.38. The molecule has 0 aromatic heterocycles. The van der Waals surface area contributed by atoms with E-state index in [1.54, 1.807) is 0 Å². The maximum absolute atomic E-state index is 9.68. The second-order valence-electron chi connectivity index (χ2n) is 2.98. The number of thiol groups is 1. The van der Waals surface area contributed by atoms with Crippen LogP contribution in [-0.4, -0.2) is 49.8 Å². The van der Waals surface area contributed by atoms with Gasteiger partial charge in [-0.2, -0.15) is 0 Å². The molecule has 0 bridgehead atoms. The first-order valence-corrected chi connectivity index (χ1v) is 5.02. The highest BCUT2D eigenvalue weighted by Crippen LogP contribution is 2.59. The van der Waals surface area contributed by atoms with Crippen LogP contribution < -0.4 is 0 Å². The summed E-state index contributed by atoms with van der Waals surface area (Å²) in [5.41, 5.74) is -0.609. The van der Waals surface area contributed by atoms with E-state index in [0.29, 0.717) is 0 Å². The first-order valence-electron chi connectivity index (χ1n) is 3.62. The summed E-state index contributed by atoms with van der Waals surface area (Å²) in [4.78, 5) is -1.09. The van der Waals surface area contributed by atoms with Crippen molar-refractivity contribution in [2.45, 2.75) is 27.8 Å². The molecule has 3 N–H and O–H groups in total. The third-order valence-electron chi connectivity index (χ3n) is 2.20. The van der Waals surface area contributed by atoms with E-state index in [1.807, 2.05) is 0 Å². The lowest BCUT2D eigenvalue weighted by molar-refractivity contribution is -0.140. The van der Waals surface area contributed by atoms with Crippen LogP contribution in [0.5, 0.6) is 0 Å². The van der Waals surface area contributed by atoms with E-state index in [4.69, 9.17) is 9.84 Å². The van der Waals surface area contributed by atoms with Gasteiger partial charge in [-0.1, -0.05) is 0 Å². The Kier molecular flexibility index (Phi) is 2.10. The lowest BCUT2D eigenvalue weighted by Crippen LogP contribution is -2.50. The van der Waals surface area contributed by atoms with Gasteiger partial charge in [-0.25, -0.2) is 0 Å². The lowest BCUT2D eigenvalue weighted by Gasteiger charge is -2.32. The molecule has 2 rings (SSSR count). The molecule has 5 atom stereocenters. The Labute approximate surface area is 79.3 Å². The van der Waals surface area contributed by atoms with Gasteiger partial charge in [-0.05, 0) is 0 Å². The van der Waals surface area contributed by atoms with Crippen molar-refractivity contribution in [3.8, 4) is 0 Å². The molecular weight excluding hydrogens is 200 g/mol. The van der Waals surface area contributed by atoms with E-state index in [0.717, 1.165) is 0 Å². The number of thioether (sulfide) groups is 1. The van der Waals surface area contributed by atoms with Gasteiger partial charge < -0.3 is 20.1 Å². The van der Waals surface area contributed by atoms with Gasteiger partial charge in [0, 0.05) is 0 Å². The number of rotatable bonds is 1. The van der Waals surface area contributed by atoms with Crippen molar-refractivity contribution in [3.05, 3.63) is 0 Å². The molecule has 6 heteroatoms. The molecule has 2 heterocycles. The number of hydrogen-bond acceptors (Lipinski definition) is 6. The Morgan fingerprint density at radius 1 is 1.58 bits per heavy atom. The van der Waals surface area contributed by atoms with Crippen LogP contribution in [0.3, 0.4) is 0 Å². The van der Waals surface area contributed by atoms with E-state index in [1.165, 1.54) is 11.8 Å². The molecule has 4 nitrogen and oxygen atoms in total. The topological polar surface area (TPSA) is 69.9 Å². The van der Waals surface area contributed by atoms with Crippen molar-refractivity contribution in [3.63, 3.8) is 0 Å². The minimum Gasteiger partial charge on any atom is -0.394 e. The Morgan fingerprint density at radius 3 is 2.83 bits per heavy atom. The molecular formula is C6H10O4S2. The van der Waals surface area contributed by atoms with Crippen molar-refractivity contribution >= 4 is 24.4 Å². The van der Waals surface area contributed by atoms with Crippen molar-refractivity contribution in [1.82, 2.24) is 0 Å². The van der Waals surface area contributed by atoms with Crippen LogP contribution in [0.1, 0.15) is 0 Å². The molecule has 12 heavy (non-hydrogen) atoms. The monoisotopic (exact) mass is 210 g/mol. The van der Waals surface area contributed by atoms with Crippen molar-refractivity contribution in [2.75, 3.05) is 6.61 Å². The highest BCUT2D eigenvalue weighted by atomic mass is 32.2. The minimum absolute atomic E-state index is 0.246. The zero-order chi connectivity index (χ0) is 8.93. The smallest absolute Gasteiger partial charge is 0.153 e. The summed E-state index contributed by atoms with van der Waals surface area (Å²) in [5, 5.41) is 27.7. The first kappa shape index (κ1) is 9.11. The zero-order valence-electron chi connectivity index (χ0n) is 6.12. The summed E-state index contributed by atoms with van der Waals surface area (Å²) in [5.74, 6) is 0. The van der Waals surface area contributed by atoms with Gasteiger partial charge in [0.1, 0.15) is 17.6 Å². The summed E-state index contributed by atoms with van der Waals surface area (Å²) in [6.45, 7) is -0.246. The molecule has 0 saturated carbocycles. The Hall–Kier alpha value is 0.540. The number of ether oxygens (including phenoxy) is 1. The third kappa shape index (κ3) is 1.10. The van der Waals surface area contributed by atoms with Crippen LogP contribution in [0, 0.1) is 0 Å². The van der Waals surface area contributed by atoms with Gasteiger partial charge in [0.15, 0.2) is 4.93 Å². The molecule has 0 spiro atoms. The van der Waals surface area contributed by atoms with E-state index >= 15 is 0 Å². The number of aliphatic hydroxyl groups excluding tert-OH is 2. The normalized spacial score (nSPS) is 58.0. The van der Waals surface area contributed by atoms with Crippen LogP contribution in [-0.2, 0) is 4.74 Å². The first-order chi connectivity index (χ1) is 5.59. The van der Waals surface area contributed by atoms with E-state index in [-0.39, 0.29) is 11.9 Å². The summed E-state index contributed by atoms with van der Waals surface area (Å²) in [6, 6.07) is 0. The van der Waals surface area contributed by atoms with Crippen LogP contribution in [0.2, 0.25) is 0 Å². The van der Waals surface area contributed by atoms with Crippen LogP contribution in [0.15, 0.2) is 0 Å². The average Bonchev–Trinajstić information content (AvgIpc) is 2.72. The largest absolute Gasteiger partial charge is 0.394 e. The highest BCUT2D eigenvalue weighted by Gasteiger charge is 2.67. The van der Waals surface area contributed by atoms with Gasteiger partial charge in [-0.15, -0.1) is 24.4 Å². The Morgan fingerprint density at radius 2 is 2.25 bits per heavy atom. The molecule has 0 unspecified atom stereocenters. The Balaban J connectivity index is 2.13. The van der Waals surface area contributed by atoms with Gasteiger partial charge in [0.25, 0.3) is 0 Å². The maximum atomic E-state index is 9.68. The van der Waals surface area contributed by atoms with Gasteiger partial charge >= 0.3 is 0 Å². The summed E-state index contributed by atoms with van der Waals surface area (Å²) in [7, 11) is 0. The fourth-order valence-electron chi connectivity index (χ4n) is 1.41. The summed E-state index contributed by atoms with van der Waals surface area (Å²) >= 11 is 5.20. The maximum Gasteiger partial charge on any atom is 0.153 e. The molecule has 0 radical (unpaired) electrons. The van der Waals surface area contributed by atoms with Crippen LogP contribution in [0.25, 0.3) is 0 Å². The molecule has 0 amide bonds. The number of aliphatic hydroxyl groups is 3. The van der Waals surface area contributed by atoms with Crippen LogP contribution >= 0.6 is 24.4 Å². The Bertz CT molecular complexity index is 202. The highest BCUT2D eigenvalue weighted by molar-refractivity contribution is 8.08. The van der Waals surface area contributed by atoms with Crippen molar-refractivity contribution < 1.29 is 20.1 Å². The standard InChI is InChI=1S/C6H10O4S2/c7-1-2-6(9)4(12-6)3(8)5(11)10-2/h2-5,7-9,11H,1H2/t2-,3-,4-,5+,6+/m1/s1. The molecule has 2 aliphatic heterocycles. The second kappa shape index (κ2) is 2.76. The molecule has 2 saturated heterocycles. The van der Waals surface area contributed by atoms with E-state index in [2.05, 4.69) is 12.6 Å².